The molecule has 1 fully saturated rings. The number of hydrogen-bond donors (Lipinski definition) is 1. The van der Waals surface area contributed by atoms with Crippen LogP contribution in [0.5, 0.6) is 0 Å². The van der Waals surface area contributed by atoms with E-state index in [2.05, 4.69) is 19.2 Å². The third-order valence-electron chi connectivity index (χ3n) is 3.85. The third kappa shape index (κ3) is 5.16. The first-order chi connectivity index (χ1) is 11.5. The highest BCUT2D eigenvalue weighted by Gasteiger charge is 2.25. The van der Waals surface area contributed by atoms with Crippen LogP contribution in [0.4, 0.5) is 4.79 Å². The lowest BCUT2D eigenvalue weighted by Crippen LogP contribution is -2.46. The van der Waals surface area contributed by atoms with Gasteiger partial charge in [0, 0.05) is 29.3 Å². The van der Waals surface area contributed by atoms with Crippen LogP contribution in [0.2, 0.25) is 0 Å². The van der Waals surface area contributed by atoms with Crippen molar-refractivity contribution in [1.29, 1.82) is 0 Å². The molecule has 2 rings (SSSR count). The number of carbonyl (C=O) groups is 2. The van der Waals surface area contributed by atoms with Crippen LogP contribution in [-0.2, 0) is 4.74 Å². The van der Waals surface area contributed by atoms with Crippen LogP contribution in [0.3, 0.4) is 0 Å². The Balaban J connectivity index is 1.91. The van der Waals surface area contributed by atoms with Gasteiger partial charge in [0.15, 0.2) is 0 Å². The minimum Gasteiger partial charge on any atom is -0.450 e. The van der Waals surface area contributed by atoms with E-state index in [1.54, 1.807) is 23.6 Å². The summed E-state index contributed by atoms with van der Waals surface area (Å²) in [5, 5.41) is 3.53. The van der Waals surface area contributed by atoms with Gasteiger partial charge in [-0.2, -0.15) is 0 Å². The molecule has 0 radical (unpaired) electrons. The molecule has 132 valence electrons. The molecule has 1 aliphatic rings. The standard InChI is InChI=1S/C18H26N2O3S/c1-4-23-18(22)20-11-9-14(10-12-20)19-17(21)15-7-5-6-8-16(15)24-13(2)3/h5-8,13-14H,4,9-12H2,1-3H3,(H,19,21). The van der Waals surface area contributed by atoms with E-state index in [1.807, 2.05) is 24.3 Å². The van der Waals surface area contributed by atoms with E-state index in [9.17, 15) is 9.59 Å². The van der Waals surface area contributed by atoms with Crippen LogP contribution < -0.4 is 5.32 Å². The van der Waals surface area contributed by atoms with Gasteiger partial charge in [0.05, 0.1) is 12.2 Å². The predicted octanol–water partition coefficient (Wildman–Crippen LogP) is 3.54. The number of likely N-dealkylation sites (tertiary alicyclic amines) is 1. The quantitative estimate of drug-likeness (QED) is 0.825. The molecule has 2 amide bonds. The maximum Gasteiger partial charge on any atom is 0.409 e. The molecule has 0 saturated carbocycles. The van der Waals surface area contributed by atoms with Crippen molar-refractivity contribution in [1.82, 2.24) is 10.2 Å². The Hall–Kier alpha value is -1.69. The molecule has 1 saturated heterocycles. The van der Waals surface area contributed by atoms with Crippen LogP contribution in [0, 0.1) is 0 Å². The van der Waals surface area contributed by atoms with E-state index < -0.39 is 0 Å². The average molecular weight is 350 g/mol. The van der Waals surface area contributed by atoms with Gasteiger partial charge in [-0.25, -0.2) is 4.79 Å². The van der Waals surface area contributed by atoms with Crippen molar-refractivity contribution in [2.45, 2.75) is 49.8 Å². The van der Waals surface area contributed by atoms with Crippen molar-refractivity contribution in [2.24, 2.45) is 0 Å². The Morgan fingerprint density at radius 2 is 1.96 bits per heavy atom. The Morgan fingerprint density at radius 3 is 2.58 bits per heavy atom. The number of amides is 2. The fourth-order valence-electron chi connectivity index (χ4n) is 2.70. The molecule has 0 bridgehead atoms. The maximum absolute atomic E-state index is 12.6. The first-order valence-corrected chi connectivity index (χ1v) is 9.37. The number of rotatable bonds is 5. The second kappa shape index (κ2) is 8.97. The minimum atomic E-state index is -0.263. The van der Waals surface area contributed by atoms with Crippen LogP contribution in [0.25, 0.3) is 0 Å². The van der Waals surface area contributed by atoms with Crippen molar-refractivity contribution >= 4 is 23.8 Å². The zero-order chi connectivity index (χ0) is 17.5. The third-order valence-corrected chi connectivity index (χ3v) is 4.93. The molecule has 1 aliphatic heterocycles. The van der Waals surface area contributed by atoms with Gasteiger partial charge in [-0.1, -0.05) is 26.0 Å². The van der Waals surface area contributed by atoms with E-state index in [-0.39, 0.29) is 18.0 Å². The summed E-state index contributed by atoms with van der Waals surface area (Å²) < 4.78 is 5.02. The van der Waals surface area contributed by atoms with Gasteiger partial charge in [0.2, 0.25) is 0 Å². The second-order valence-electron chi connectivity index (χ2n) is 6.10. The van der Waals surface area contributed by atoms with Gasteiger partial charge in [-0.15, -0.1) is 11.8 Å². The molecule has 1 heterocycles. The van der Waals surface area contributed by atoms with Gasteiger partial charge >= 0.3 is 6.09 Å². The second-order valence-corrected chi connectivity index (χ2v) is 7.71. The molecule has 0 spiro atoms. The van der Waals surface area contributed by atoms with Gasteiger partial charge < -0.3 is 15.0 Å². The molecule has 0 atom stereocenters. The lowest BCUT2D eigenvalue weighted by Gasteiger charge is -2.31. The number of ether oxygens (including phenoxy) is 1. The zero-order valence-corrected chi connectivity index (χ0v) is 15.4. The summed E-state index contributed by atoms with van der Waals surface area (Å²) in [7, 11) is 0. The molecule has 1 aromatic rings. The number of nitrogens with one attached hydrogen (secondary N) is 1. The Labute approximate surface area is 148 Å². The van der Waals surface area contributed by atoms with E-state index in [1.165, 1.54) is 0 Å². The molecule has 6 heteroatoms. The van der Waals surface area contributed by atoms with Gasteiger partial charge in [-0.3, -0.25) is 4.79 Å². The number of hydrogen-bond acceptors (Lipinski definition) is 4. The predicted molar refractivity (Wildman–Crippen MR) is 96.5 cm³/mol. The summed E-state index contributed by atoms with van der Waals surface area (Å²) >= 11 is 1.69. The average Bonchev–Trinajstić information content (AvgIpc) is 2.55. The number of benzene rings is 1. The summed E-state index contributed by atoms with van der Waals surface area (Å²) in [6, 6.07) is 7.80. The topological polar surface area (TPSA) is 58.6 Å². The highest BCUT2D eigenvalue weighted by atomic mass is 32.2. The molecule has 0 aromatic heterocycles. The molecular formula is C18H26N2O3S. The van der Waals surface area contributed by atoms with Crippen LogP contribution in [-0.4, -0.2) is 47.9 Å². The highest BCUT2D eigenvalue weighted by molar-refractivity contribution is 8.00. The Bertz CT molecular complexity index is 569. The summed E-state index contributed by atoms with van der Waals surface area (Å²) in [6.07, 6.45) is 1.25. The van der Waals surface area contributed by atoms with E-state index >= 15 is 0 Å². The normalized spacial score (nSPS) is 15.4. The number of piperidine rings is 1. The molecular weight excluding hydrogens is 324 g/mol. The smallest absolute Gasteiger partial charge is 0.409 e. The number of thioether (sulfide) groups is 1. The molecule has 5 nitrogen and oxygen atoms in total. The van der Waals surface area contributed by atoms with Crippen LogP contribution in [0.15, 0.2) is 29.2 Å². The largest absolute Gasteiger partial charge is 0.450 e. The van der Waals surface area contributed by atoms with Crippen molar-refractivity contribution in [3.8, 4) is 0 Å². The first-order valence-electron chi connectivity index (χ1n) is 8.49. The van der Waals surface area contributed by atoms with E-state index in [4.69, 9.17) is 4.74 Å². The van der Waals surface area contributed by atoms with Gasteiger partial charge in [-0.05, 0) is 31.9 Å². The lowest BCUT2D eigenvalue weighted by molar-refractivity contribution is 0.0858. The fourth-order valence-corrected chi connectivity index (χ4v) is 3.65. The van der Waals surface area contributed by atoms with Crippen molar-refractivity contribution in [3.05, 3.63) is 29.8 Å². The Morgan fingerprint density at radius 1 is 1.29 bits per heavy atom. The van der Waals surface area contributed by atoms with Gasteiger partial charge in [0.25, 0.3) is 5.91 Å². The van der Waals surface area contributed by atoms with Crippen LogP contribution >= 0.6 is 11.8 Å². The van der Waals surface area contributed by atoms with Crippen molar-refractivity contribution < 1.29 is 14.3 Å². The first kappa shape index (κ1) is 18.6. The van der Waals surface area contributed by atoms with E-state index in [0.29, 0.717) is 24.9 Å². The van der Waals surface area contributed by atoms with Crippen molar-refractivity contribution in [2.75, 3.05) is 19.7 Å². The molecule has 0 aliphatic carbocycles. The molecule has 0 unspecified atom stereocenters. The highest BCUT2D eigenvalue weighted by Crippen LogP contribution is 2.26. The molecule has 24 heavy (non-hydrogen) atoms. The maximum atomic E-state index is 12.6. The molecule has 1 aromatic carbocycles. The number of nitrogens with zero attached hydrogens (tertiary/aromatic N) is 1. The van der Waals surface area contributed by atoms with E-state index in [0.717, 1.165) is 23.3 Å². The summed E-state index contributed by atoms with van der Waals surface area (Å²) in [5.41, 5.74) is 0.726. The number of carbonyl (C=O) groups excluding carboxylic acids is 2. The summed E-state index contributed by atoms with van der Waals surface area (Å²) in [5.74, 6) is -0.0339. The monoisotopic (exact) mass is 350 g/mol. The van der Waals surface area contributed by atoms with Gasteiger partial charge in [0.1, 0.15) is 0 Å². The summed E-state index contributed by atoms with van der Waals surface area (Å²) in [4.78, 5) is 27.0. The SMILES string of the molecule is CCOC(=O)N1CCC(NC(=O)c2ccccc2SC(C)C)CC1. The summed E-state index contributed by atoms with van der Waals surface area (Å²) in [6.45, 7) is 7.66. The minimum absolute atomic E-state index is 0.0339. The zero-order valence-electron chi connectivity index (χ0n) is 14.6. The lowest BCUT2D eigenvalue weighted by atomic mass is 10.0. The Kier molecular flexibility index (Phi) is 6.97. The molecule has 1 N–H and O–H groups in total. The van der Waals surface area contributed by atoms with Crippen LogP contribution in [0.1, 0.15) is 44.0 Å². The van der Waals surface area contributed by atoms with Crippen molar-refractivity contribution in [3.63, 3.8) is 0 Å². The fraction of sp³-hybridized carbons (Fsp3) is 0.556.